The van der Waals surface area contributed by atoms with Gasteiger partial charge in [-0.2, -0.15) is 0 Å². The first kappa shape index (κ1) is 78.9. The smallest absolute Gasteiger partial charge is 0.312 e. The van der Waals surface area contributed by atoms with Crippen molar-refractivity contribution in [2.75, 3.05) is 132 Å². The van der Waals surface area contributed by atoms with E-state index < -0.39 is 208 Å². The van der Waals surface area contributed by atoms with Gasteiger partial charge in [0.15, 0.2) is 0 Å². The molecule has 10 heterocycles. The Morgan fingerprint density at radius 2 is 0.412 bits per heavy atom. The Hall–Kier alpha value is -5.70. The van der Waals surface area contributed by atoms with E-state index in [1.54, 1.807) is 27.7 Å². The summed E-state index contributed by atoms with van der Waals surface area (Å²) in [4.78, 5) is 152. The molecule has 20 unspecified atom stereocenters. The average molecular weight is 1450 g/mol. The molecule has 0 aromatic carbocycles. The van der Waals surface area contributed by atoms with Crippen molar-refractivity contribution < 1.29 is 143 Å². The highest BCUT2D eigenvalue weighted by Gasteiger charge is 2.62. The number of esters is 10. The summed E-state index contributed by atoms with van der Waals surface area (Å²) in [6.07, 6.45) is -8.44. The molecule has 0 saturated carbocycles. The molecule has 10 saturated heterocycles. The zero-order valence-electron chi connectivity index (χ0n) is 61.2. The van der Waals surface area contributed by atoms with Crippen LogP contribution in [0.15, 0.2) is 0 Å². The van der Waals surface area contributed by atoms with E-state index in [0.29, 0.717) is 33.0 Å². The molecule has 0 radical (unpaired) electrons. The van der Waals surface area contributed by atoms with E-state index in [9.17, 15) is 14.4 Å². The number of carbonyl (C=O) groups excluding carboxylic acids is 10. The van der Waals surface area contributed by atoms with Crippen LogP contribution >= 0.6 is 0 Å². The first-order chi connectivity index (χ1) is 48.0. The van der Waals surface area contributed by atoms with Crippen LogP contribution in [0.2, 0.25) is 0 Å². The number of hydrogen-bond donors (Lipinski definition) is 0. The lowest BCUT2D eigenvalue weighted by molar-refractivity contribution is -0.177. The second-order valence-electron chi connectivity index (χ2n) is 33.1. The van der Waals surface area contributed by atoms with Crippen LogP contribution in [0.25, 0.3) is 0 Å². The minimum atomic E-state index is -2.07. The molecule has 574 valence electrons. The van der Waals surface area contributed by atoms with Crippen molar-refractivity contribution in [2.24, 2.45) is 60.6 Å². The molecule has 102 heavy (non-hydrogen) atoms. The van der Waals surface area contributed by atoms with Gasteiger partial charge in [0.2, 0.25) is 0 Å². The molecule has 10 rings (SSSR count). The minimum absolute atomic E-state index is 0.0158. The number of ether oxygens (including phenoxy) is 20. The molecule has 20 atom stereocenters. The first-order valence-corrected chi connectivity index (χ1v) is 35.9. The third-order valence-corrected chi connectivity index (χ3v) is 21.1. The summed E-state index contributed by atoms with van der Waals surface area (Å²) in [5, 5.41) is 0. The van der Waals surface area contributed by atoms with Crippen molar-refractivity contribution >= 4 is 59.7 Å². The third-order valence-electron chi connectivity index (χ3n) is 21.1. The van der Waals surface area contributed by atoms with Gasteiger partial charge in [0.05, 0.1) is 121 Å². The number of carbonyl (C=O) groups is 10. The molecule has 10 aliphatic rings. The molecular formula is C72H106O30. The summed E-state index contributed by atoms with van der Waals surface area (Å²) in [5.74, 6) is -9.81. The van der Waals surface area contributed by atoms with E-state index in [1.165, 1.54) is 41.5 Å². The molecule has 0 aromatic heterocycles. The largest absolute Gasteiger partial charge is 0.463 e. The van der Waals surface area contributed by atoms with E-state index in [-0.39, 0.29) is 130 Å². The number of hydrogen-bond acceptors (Lipinski definition) is 30. The van der Waals surface area contributed by atoms with E-state index in [4.69, 9.17) is 94.7 Å². The SMILES string of the molecule is CC(CC(C)(CC(C)(CC(C)(CC(C)(CC(C)(CC(C)(CC(C)(CC(C)(CC(C)(C(=O)OCC1CO1)C(C)C)C(=O)OCC1CO1)C(=O)OCC1CO1)C(=O)OCC1CO1)C(=O)OCC1CO1)C(=O)OCC1CO1)C(=O)OCC1CO1)C(=O)OCC1CO1)C(=O)OCC1CO1)C(=O)OCC1CO1. The normalized spacial score (nSPS) is 29.9. The number of rotatable bonds is 49. The maximum Gasteiger partial charge on any atom is 0.312 e. The lowest BCUT2D eigenvalue weighted by Crippen LogP contribution is -2.52. The van der Waals surface area contributed by atoms with E-state index >= 15 is 33.6 Å². The standard InChI is InChI=1S/C72H106O30/c1-42(2)72(12,63(82)102-33-53-23-92-53)41-71(11,62(81)101-32-52-22-91-52)40-70(10,61(80)100-31-51-21-90-51)39-69(9,60(79)99-30-50-20-89-50)38-68(8,59(78)98-29-49-19-88-49)37-67(7,58(77)97-28-48-18-87-48)36-66(6,57(76)96-27-47-17-86-47)35-65(5,56(75)95-26-46-16-85-46)34-64(4,55(74)94-25-45-15-84-45)13-43(3)54(73)93-24-44-14-83-44/h42-53H,13-41H2,1-12H3. The molecule has 10 fully saturated rings. The number of epoxide rings is 10. The van der Waals surface area contributed by atoms with Gasteiger partial charge < -0.3 is 94.7 Å². The third kappa shape index (κ3) is 22.4. The fourth-order valence-electron chi connectivity index (χ4n) is 14.8. The van der Waals surface area contributed by atoms with Crippen LogP contribution in [0.5, 0.6) is 0 Å². The van der Waals surface area contributed by atoms with Crippen molar-refractivity contribution in [2.45, 2.75) is 202 Å². The zero-order valence-corrected chi connectivity index (χ0v) is 61.2. The summed E-state index contributed by atoms with van der Waals surface area (Å²) in [6, 6.07) is 0. The van der Waals surface area contributed by atoms with Gasteiger partial charge in [0, 0.05) is 0 Å². The van der Waals surface area contributed by atoms with Crippen LogP contribution in [0.1, 0.15) is 141 Å². The lowest BCUT2D eigenvalue weighted by atomic mass is 9.56. The molecule has 30 nitrogen and oxygen atoms in total. The summed E-state index contributed by atoms with van der Waals surface area (Å²) >= 11 is 0. The second kappa shape index (κ2) is 31.8. The van der Waals surface area contributed by atoms with Gasteiger partial charge in [-0.15, -0.1) is 0 Å². The van der Waals surface area contributed by atoms with Crippen molar-refractivity contribution in [1.29, 1.82) is 0 Å². The topological polar surface area (TPSA) is 388 Å². The van der Waals surface area contributed by atoms with Gasteiger partial charge in [-0.05, 0) is 126 Å². The van der Waals surface area contributed by atoms with E-state index in [2.05, 4.69) is 0 Å². The summed E-state index contributed by atoms with van der Waals surface area (Å²) < 4.78 is 114. The molecule has 30 heteroatoms. The molecule has 0 bridgehead atoms. The predicted octanol–water partition coefficient (Wildman–Crippen LogP) is 4.27. The summed E-state index contributed by atoms with van der Waals surface area (Å²) in [5.41, 5.74) is -17.0. The fraction of sp³-hybridized carbons (Fsp3) is 0.861. The van der Waals surface area contributed by atoms with Crippen molar-refractivity contribution in [3.63, 3.8) is 0 Å². The Kier molecular flexibility index (Phi) is 24.6. The molecule has 10 aliphatic heterocycles. The van der Waals surface area contributed by atoms with Crippen LogP contribution in [0, 0.1) is 60.6 Å². The highest BCUT2D eigenvalue weighted by atomic mass is 16.7. The van der Waals surface area contributed by atoms with Crippen LogP contribution in [-0.4, -0.2) is 253 Å². The fourth-order valence-corrected chi connectivity index (χ4v) is 14.8. The van der Waals surface area contributed by atoms with Crippen LogP contribution in [0.4, 0.5) is 0 Å². The Labute approximate surface area is 594 Å². The average Bonchev–Trinajstić information content (AvgIpc) is 1.34. The maximum atomic E-state index is 15.8. The Morgan fingerprint density at radius 3 is 0.598 bits per heavy atom. The summed E-state index contributed by atoms with van der Waals surface area (Å²) in [6.45, 7) is 20.3. The van der Waals surface area contributed by atoms with Gasteiger partial charge in [0.1, 0.15) is 127 Å². The molecule has 0 aromatic rings. The highest BCUT2D eigenvalue weighted by molar-refractivity contribution is 5.88. The molecule has 0 amide bonds. The molecule has 0 aliphatic carbocycles. The molecule has 0 N–H and O–H groups in total. The van der Waals surface area contributed by atoms with Crippen LogP contribution in [0.3, 0.4) is 0 Å². The minimum Gasteiger partial charge on any atom is -0.463 e. The Bertz CT molecular complexity index is 3050. The monoisotopic (exact) mass is 1450 g/mol. The van der Waals surface area contributed by atoms with Gasteiger partial charge in [-0.1, -0.05) is 20.8 Å². The van der Waals surface area contributed by atoms with Gasteiger partial charge in [0.25, 0.3) is 0 Å². The highest BCUT2D eigenvalue weighted by Crippen LogP contribution is 2.58. The quantitative estimate of drug-likeness (QED) is 0.0466. The predicted molar refractivity (Wildman–Crippen MR) is 346 cm³/mol. The van der Waals surface area contributed by atoms with E-state index in [1.807, 2.05) is 13.8 Å². The Morgan fingerprint density at radius 1 is 0.255 bits per heavy atom. The molecular weight excluding hydrogens is 1340 g/mol. The van der Waals surface area contributed by atoms with Crippen molar-refractivity contribution in [3.8, 4) is 0 Å². The summed E-state index contributed by atoms with van der Waals surface area (Å²) in [7, 11) is 0. The lowest BCUT2D eigenvalue weighted by Gasteiger charge is -2.47. The van der Waals surface area contributed by atoms with Crippen LogP contribution in [-0.2, 0) is 143 Å². The van der Waals surface area contributed by atoms with Crippen LogP contribution < -0.4 is 0 Å². The van der Waals surface area contributed by atoms with E-state index in [0.717, 1.165) is 0 Å². The maximum absolute atomic E-state index is 15.8. The van der Waals surface area contributed by atoms with Gasteiger partial charge in [-0.25, -0.2) is 0 Å². The van der Waals surface area contributed by atoms with Crippen molar-refractivity contribution in [1.82, 2.24) is 0 Å². The Balaban J connectivity index is 1.05. The van der Waals surface area contributed by atoms with Gasteiger partial charge >= 0.3 is 59.7 Å². The first-order valence-electron chi connectivity index (χ1n) is 35.9. The zero-order chi connectivity index (χ0) is 73.8. The second-order valence-corrected chi connectivity index (χ2v) is 33.1. The van der Waals surface area contributed by atoms with Crippen molar-refractivity contribution in [3.05, 3.63) is 0 Å². The molecule has 0 spiro atoms. The van der Waals surface area contributed by atoms with Gasteiger partial charge in [-0.3, -0.25) is 47.9 Å².